The number of para-hydroxylation sites is 1. The number of hydrogen-bond acceptors (Lipinski definition) is 7. The van der Waals surface area contributed by atoms with Gasteiger partial charge in [0.25, 0.3) is 0 Å². The summed E-state index contributed by atoms with van der Waals surface area (Å²) in [6.45, 7) is 3.73. The molecular formula is C26H22F2N6O2. The molecule has 2 N–H and O–H groups in total. The Kier molecular flexibility index (Phi) is 6.16. The van der Waals surface area contributed by atoms with Crippen LogP contribution in [0.4, 0.5) is 20.3 Å². The SMILES string of the molecule is CCOc1cc(F)c(Cn2nc(-c3nc(C)cc(Nc4ccncc4O)n3)c3ccccc32)c(F)c1. The third kappa shape index (κ3) is 4.52. The van der Waals surface area contributed by atoms with Crippen LogP contribution < -0.4 is 10.1 Å². The number of rotatable bonds is 7. The molecular weight excluding hydrogens is 466 g/mol. The third-order valence-electron chi connectivity index (χ3n) is 5.52. The molecule has 3 heterocycles. The first kappa shape index (κ1) is 23.2. The number of nitrogens with zero attached hydrogens (tertiary/aromatic N) is 5. The Hall–Kier alpha value is -4.60. The summed E-state index contributed by atoms with van der Waals surface area (Å²) in [4.78, 5) is 13.0. The number of ether oxygens (including phenoxy) is 1. The summed E-state index contributed by atoms with van der Waals surface area (Å²) in [6, 6.07) is 13.0. The largest absolute Gasteiger partial charge is 0.504 e. The molecule has 0 aliphatic carbocycles. The molecule has 0 fully saturated rings. The molecule has 0 saturated carbocycles. The standard InChI is InChI=1S/C26H22F2N6O2/c1-3-36-16-11-19(27)18(20(28)12-16)14-34-22-7-5-4-6-17(22)25(33-34)26-30-15(2)10-24(32-26)31-21-8-9-29-13-23(21)35/h4-13,35H,3,14H2,1-2H3,(H,29,30,31,32). The molecule has 5 rings (SSSR count). The van der Waals surface area contributed by atoms with Gasteiger partial charge in [0.15, 0.2) is 11.6 Å². The number of aromatic nitrogens is 5. The lowest BCUT2D eigenvalue weighted by molar-refractivity contribution is 0.335. The third-order valence-corrected chi connectivity index (χ3v) is 5.52. The zero-order valence-electron chi connectivity index (χ0n) is 19.5. The van der Waals surface area contributed by atoms with Crippen LogP contribution in [-0.4, -0.2) is 36.4 Å². The molecule has 5 aromatic rings. The Balaban J connectivity index is 1.56. The highest BCUT2D eigenvalue weighted by Gasteiger charge is 2.19. The highest BCUT2D eigenvalue weighted by Crippen LogP contribution is 2.30. The molecule has 0 radical (unpaired) electrons. The highest BCUT2D eigenvalue weighted by atomic mass is 19.1. The van der Waals surface area contributed by atoms with Crippen molar-refractivity contribution in [3.8, 4) is 23.0 Å². The van der Waals surface area contributed by atoms with E-state index in [1.807, 2.05) is 31.2 Å². The first-order valence-corrected chi connectivity index (χ1v) is 11.2. The minimum absolute atomic E-state index is 0.0237. The molecule has 0 spiro atoms. The van der Waals surface area contributed by atoms with Gasteiger partial charge in [-0.2, -0.15) is 5.10 Å². The summed E-state index contributed by atoms with van der Waals surface area (Å²) >= 11 is 0. The molecule has 0 atom stereocenters. The smallest absolute Gasteiger partial charge is 0.182 e. The summed E-state index contributed by atoms with van der Waals surface area (Å²) in [5.41, 5.74) is 2.11. The van der Waals surface area contributed by atoms with Gasteiger partial charge in [0.2, 0.25) is 0 Å². The molecule has 36 heavy (non-hydrogen) atoms. The predicted octanol–water partition coefficient (Wildman–Crippen LogP) is 5.37. The lowest BCUT2D eigenvalue weighted by atomic mass is 10.1. The van der Waals surface area contributed by atoms with Crippen LogP contribution in [0.5, 0.6) is 11.5 Å². The van der Waals surface area contributed by atoms with E-state index in [-0.39, 0.29) is 23.6 Å². The maximum Gasteiger partial charge on any atom is 0.182 e. The Morgan fingerprint density at radius 2 is 1.83 bits per heavy atom. The fourth-order valence-electron chi connectivity index (χ4n) is 3.91. The van der Waals surface area contributed by atoms with E-state index in [1.54, 1.807) is 25.3 Å². The molecule has 10 heteroatoms. The quantitative estimate of drug-likeness (QED) is 0.318. The number of anilines is 2. The summed E-state index contributed by atoms with van der Waals surface area (Å²) in [5, 5.41) is 18.5. The zero-order chi connectivity index (χ0) is 25.2. The second kappa shape index (κ2) is 9.57. The van der Waals surface area contributed by atoms with Crippen LogP contribution in [0.25, 0.3) is 22.4 Å². The zero-order valence-corrected chi connectivity index (χ0v) is 19.5. The molecule has 0 saturated heterocycles. The summed E-state index contributed by atoms with van der Waals surface area (Å²) in [5.74, 6) is -0.542. The van der Waals surface area contributed by atoms with E-state index in [9.17, 15) is 13.9 Å². The lowest BCUT2D eigenvalue weighted by Gasteiger charge is -2.10. The minimum Gasteiger partial charge on any atom is -0.504 e. The molecule has 0 aliphatic rings. The van der Waals surface area contributed by atoms with Crippen LogP contribution in [0.2, 0.25) is 0 Å². The molecule has 0 bridgehead atoms. The van der Waals surface area contributed by atoms with E-state index < -0.39 is 11.6 Å². The van der Waals surface area contributed by atoms with E-state index in [2.05, 4.69) is 25.4 Å². The van der Waals surface area contributed by atoms with Gasteiger partial charge in [-0.15, -0.1) is 0 Å². The number of fused-ring (bicyclic) bond motifs is 1. The van der Waals surface area contributed by atoms with Gasteiger partial charge in [-0.3, -0.25) is 9.67 Å². The lowest BCUT2D eigenvalue weighted by Crippen LogP contribution is -2.07. The van der Waals surface area contributed by atoms with E-state index in [4.69, 9.17) is 4.74 Å². The van der Waals surface area contributed by atoms with E-state index in [1.165, 1.54) is 23.0 Å². The predicted molar refractivity (Wildman–Crippen MR) is 131 cm³/mol. The average molecular weight is 488 g/mol. The topological polar surface area (TPSA) is 98.0 Å². The average Bonchev–Trinajstić information content (AvgIpc) is 3.21. The van der Waals surface area contributed by atoms with Crippen molar-refractivity contribution in [3.05, 3.63) is 83.8 Å². The van der Waals surface area contributed by atoms with Crippen molar-refractivity contribution < 1.29 is 18.6 Å². The van der Waals surface area contributed by atoms with E-state index >= 15 is 0 Å². The van der Waals surface area contributed by atoms with Crippen molar-refractivity contribution in [2.45, 2.75) is 20.4 Å². The van der Waals surface area contributed by atoms with Crippen molar-refractivity contribution in [1.29, 1.82) is 0 Å². The number of benzene rings is 2. The van der Waals surface area contributed by atoms with Crippen LogP contribution in [0.3, 0.4) is 0 Å². The molecule has 8 nitrogen and oxygen atoms in total. The van der Waals surface area contributed by atoms with Crippen molar-refractivity contribution in [1.82, 2.24) is 24.7 Å². The second-order valence-electron chi connectivity index (χ2n) is 8.06. The van der Waals surface area contributed by atoms with Gasteiger partial charge in [-0.25, -0.2) is 18.7 Å². The maximum atomic E-state index is 14.8. The van der Waals surface area contributed by atoms with Gasteiger partial charge in [-0.05, 0) is 26.0 Å². The van der Waals surface area contributed by atoms with Crippen molar-refractivity contribution in [3.63, 3.8) is 0 Å². The summed E-state index contributed by atoms with van der Waals surface area (Å²) in [6.07, 6.45) is 2.87. The minimum atomic E-state index is -0.713. The Morgan fingerprint density at radius 3 is 2.58 bits per heavy atom. The highest BCUT2D eigenvalue weighted by molar-refractivity contribution is 5.91. The van der Waals surface area contributed by atoms with Gasteiger partial charge < -0.3 is 15.2 Å². The molecule has 182 valence electrons. The van der Waals surface area contributed by atoms with Crippen LogP contribution in [0.15, 0.2) is 60.9 Å². The number of hydrogen-bond donors (Lipinski definition) is 2. The number of halogens is 2. The molecule has 0 aliphatic heterocycles. The van der Waals surface area contributed by atoms with Crippen LogP contribution in [0.1, 0.15) is 18.2 Å². The first-order valence-electron chi connectivity index (χ1n) is 11.2. The molecule has 3 aromatic heterocycles. The van der Waals surface area contributed by atoms with E-state index in [0.717, 1.165) is 5.39 Å². The Bertz CT molecular complexity index is 1550. The Labute approximate surface area is 205 Å². The van der Waals surface area contributed by atoms with Crippen molar-refractivity contribution >= 4 is 22.4 Å². The van der Waals surface area contributed by atoms with Gasteiger partial charge in [0.05, 0.1) is 30.6 Å². The normalized spacial score (nSPS) is 11.1. The molecule has 0 amide bonds. The second-order valence-corrected chi connectivity index (χ2v) is 8.06. The van der Waals surface area contributed by atoms with Crippen LogP contribution >= 0.6 is 0 Å². The number of aromatic hydroxyl groups is 1. The number of pyridine rings is 1. The van der Waals surface area contributed by atoms with Gasteiger partial charge in [-0.1, -0.05) is 18.2 Å². The van der Waals surface area contributed by atoms with Crippen LogP contribution in [0, 0.1) is 18.6 Å². The van der Waals surface area contributed by atoms with Crippen molar-refractivity contribution in [2.24, 2.45) is 0 Å². The Morgan fingerprint density at radius 1 is 1.06 bits per heavy atom. The van der Waals surface area contributed by atoms with Gasteiger partial charge in [0, 0.05) is 41.0 Å². The van der Waals surface area contributed by atoms with Gasteiger partial charge in [0.1, 0.15) is 28.9 Å². The van der Waals surface area contributed by atoms with Gasteiger partial charge >= 0.3 is 0 Å². The number of nitrogens with one attached hydrogen (secondary N) is 1. The fourth-order valence-corrected chi connectivity index (χ4v) is 3.91. The van der Waals surface area contributed by atoms with E-state index in [0.29, 0.717) is 40.8 Å². The number of aryl methyl sites for hydroxylation is 1. The van der Waals surface area contributed by atoms with Crippen LogP contribution in [-0.2, 0) is 6.54 Å². The first-order chi connectivity index (χ1) is 17.4. The monoisotopic (exact) mass is 488 g/mol. The fraction of sp³-hybridized carbons (Fsp3) is 0.154. The maximum absolute atomic E-state index is 14.8. The van der Waals surface area contributed by atoms with Crippen molar-refractivity contribution in [2.75, 3.05) is 11.9 Å². The molecule has 0 unspecified atom stereocenters. The summed E-state index contributed by atoms with van der Waals surface area (Å²) in [7, 11) is 0. The summed E-state index contributed by atoms with van der Waals surface area (Å²) < 4.78 is 36.3. The molecule has 2 aromatic carbocycles.